The van der Waals surface area contributed by atoms with Crippen LogP contribution in [0.3, 0.4) is 0 Å². The first-order valence-corrected chi connectivity index (χ1v) is 10.5. The zero-order valence-electron chi connectivity index (χ0n) is 16.6. The van der Waals surface area contributed by atoms with Gasteiger partial charge in [-0.15, -0.1) is 0 Å². The van der Waals surface area contributed by atoms with E-state index in [1.54, 1.807) is 6.20 Å². The molecule has 0 aliphatic carbocycles. The van der Waals surface area contributed by atoms with E-state index in [4.69, 9.17) is 16.3 Å². The minimum Gasteiger partial charge on any atom is -0.378 e. The van der Waals surface area contributed by atoms with Crippen LogP contribution in [0, 0.1) is 5.92 Å². The third-order valence-electron chi connectivity index (χ3n) is 4.93. The maximum atomic E-state index is 5.96. The van der Waals surface area contributed by atoms with Gasteiger partial charge in [-0.25, -0.2) is 9.98 Å². The number of hydrogen-bond donors (Lipinski definition) is 1. The summed E-state index contributed by atoms with van der Waals surface area (Å²) in [6.07, 6.45) is 10.5. The third-order valence-corrected chi connectivity index (χ3v) is 5.04. The van der Waals surface area contributed by atoms with Crippen LogP contribution < -0.4 is 5.32 Å². The number of rotatable bonds is 12. The van der Waals surface area contributed by atoms with Gasteiger partial charge in [0.2, 0.25) is 5.96 Å². The average molecular weight is 385 g/mol. The van der Waals surface area contributed by atoms with Gasteiger partial charge in [-0.05, 0) is 58.3 Å². The molecule has 26 heavy (non-hydrogen) atoms. The Balaban J connectivity index is 2.11. The second-order valence-corrected chi connectivity index (χ2v) is 7.26. The van der Waals surface area contributed by atoms with Crippen LogP contribution in [0.25, 0.3) is 0 Å². The molecule has 150 valence electrons. The van der Waals surface area contributed by atoms with Gasteiger partial charge in [0.15, 0.2) is 0 Å². The summed E-state index contributed by atoms with van der Waals surface area (Å²) in [5.74, 6) is 1.34. The van der Waals surface area contributed by atoms with Gasteiger partial charge in [0, 0.05) is 31.4 Å². The lowest BCUT2D eigenvalue weighted by atomic mass is 9.99. The molecule has 0 amide bonds. The summed E-state index contributed by atoms with van der Waals surface area (Å²) < 4.78 is 5.96. The summed E-state index contributed by atoms with van der Waals surface area (Å²) in [7, 11) is 0. The van der Waals surface area contributed by atoms with Crippen molar-refractivity contribution in [2.24, 2.45) is 15.9 Å². The van der Waals surface area contributed by atoms with Crippen LogP contribution in [0.2, 0.25) is 0 Å². The van der Waals surface area contributed by atoms with Crippen LogP contribution in [0.5, 0.6) is 0 Å². The molecule has 0 radical (unpaired) electrons. The predicted octanol–water partition coefficient (Wildman–Crippen LogP) is 4.43. The maximum Gasteiger partial charge on any atom is 0.224 e. The fourth-order valence-electron chi connectivity index (χ4n) is 3.22. The molecule has 1 fully saturated rings. The highest BCUT2D eigenvalue weighted by molar-refractivity contribution is 6.25. The number of halogens is 1. The molecule has 5 nitrogen and oxygen atoms in total. The fraction of sp³-hybridized carbons (Fsp3) is 0.800. The first-order valence-electron chi connectivity index (χ1n) is 10.1. The molecule has 0 spiro atoms. The number of nitrogens with zero attached hydrogens (tertiary/aromatic N) is 3. The maximum absolute atomic E-state index is 5.96. The zero-order chi connectivity index (χ0) is 19.0. The SMILES string of the molecule is C=N/C(=N\C=C\Cl)N(CC)CCC(C)CCCCCOC1CCNCC1. The summed E-state index contributed by atoms with van der Waals surface area (Å²) in [5, 5.41) is 3.37. The van der Waals surface area contributed by atoms with E-state index in [1.807, 2.05) is 0 Å². The number of nitrogens with one attached hydrogen (secondary N) is 1. The molecule has 1 heterocycles. The van der Waals surface area contributed by atoms with Crippen molar-refractivity contribution in [2.75, 3.05) is 32.8 Å². The Kier molecular flexibility index (Phi) is 13.5. The van der Waals surface area contributed by atoms with Crippen LogP contribution in [0.15, 0.2) is 21.7 Å². The van der Waals surface area contributed by atoms with Gasteiger partial charge in [0.25, 0.3) is 0 Å². The lowest BCUT2D eigenvalue weighted by molar-refractivity contribution is 0.0306. The third kappa shape index (κ3) is 10.3. The molecule has 1 rings (SSSR count). The monoisotopic (exact) mass is 384 g/mol. The quantitative estimate of drug-likeness (QED) is 0.307. The Morgan fingerprint density at radius 3 is 2.73 bits per heavy atom. The molecule has 1 aliphatic rings. The van der Waals surface area contributed by atoms with E-state index in [0.717, 1.165) is 52.0 Å². The van der Waals surface area contributed by atoms with E-state index in [-0.39, 0.29) is 0 Å². The van der Waals surface area contributed by atoms with Crippen LogP contribution in [0.1, 0.15) is 58.8 Å². The second kappa shape index (κ2) is 15.2. The lowest BCUT2D eigenvalue weighted by Crippen LogP contribution is -2.32. The van der Waals surface area contributed by atoms with Gasteiger partial charge in [0.1, 0.15) is 0 Å². The summed E-state index contributed by atoms with van der Waals surface area (Å²) in [5.41, 5.74) is 1.39. The Labute approximate surface area is 164 Å². The van der Waals surface area contributed by atoms with Gasteiger partial charge >= 0.3 is 0 Å². The van der Waals surface area contributed by atoms with Gasteiger partial charge < -0.3 is 15.0 Å². The van der Waals surface area contributed by atoms with Crippen molar-refractivity contribution in [1.82, 2.24) is 10.2 Å². The zero-order valence-corrected chi connectivity index (χ0v) is 17.4. The van der Waals surface area contributed by atoms with Crippen molar-refractivity contribution in [3.63, 3.8) is 0 Å². The standard InChI is InChI=1S/C20H37ClN4O/c1-4-25(20(22-3)24-15-12-21)16-11-18(2)8-6-5-7-17-26-19-9-13-23-14-10-19/h12,15,18-19,23H,3-11,13-14,16-17H2,1-2H3/b15-12+,24-20+. The van der Waals surface area contributed by atoms with E-state index < -0.39 is 0 Å². The van der Waals surface area contributed by atoms with E-state index in [9.17, 15) is 0 Å². The number of guanidine groups is 1. The van der Waals surface area contributed by atoms with Crippen molar-refractivity contribution in [1.29, 1.82) is 0 Å². The Morgan fingerprint density at radius 2 is 2.08 bits per heavy atom. The molecule has 6 heteroatoms. The molecule has 1 aliphatic heterocycles. The highest BCUT2D eigenvalue weighted by atomic mass is 35.5. The number of ether oxygens (including phenoxy) is 1. The molecule has 0 aromatic heterocycles. The first-order chi connectivity index (χ1) is 12.7. The highest BCUT2D eigenvalue weighted by Gasteiger charge is 2.13. The Morgan fingerprint density at radius 1 is 1.31 bits per heavy atom. The summed E-state index contributed by atoms with van der Waals surface area (Å²) in [4.78, 5) is 10.4. The van der Waals surface area contributed by atoms with Crippen LogP contribution in [-0.4, -0.2) is 56.5 Å². The smallest absolute Gasteiger partial charge is 0.224 e. The van der Waals surface area contributed by atoms with Crippen LogP contribution in [0.4, 0.5) is 0 Å². The lowest BCUT2D eigenvalue weighted by Gasteiger charge is -2.23. The minimum absolute atomic E-state index is 0.484. The van der Waals surface area contributed by atoms with Crippen molar-refractivity contribution >= 4 is 24.3 Å². The van der Waals surface area contributed by atoms with Gasteiger partial charge in [0.05, 0.1) is 6.10 Å². The normalized spacial score (nSPS) is 17.6. The average Bonchev–Trinajstić information content (AvgIpc) is 2.68. The topological polar surface area (TPSA) is 49.2 Å². The molecule has 1 atom stereocenters. The Bertz CT molecular complexity index is 422. The summed E-state index contributed by atoms with van der Waals surface area (Å²) >= 11 is 5.54. The molecular weight excluding hydrogens is 348 g/mol. The van der Waals surface area contributed by atoms with Crippen LogP contribution >= 0.6 is 11.6 Å². The highest BCUT2D eigenvalue weighted by Crippen LogP contribution is 2.15. The molecule has 1 saturated heterocycles. The molecule has 0 aromatic rings. The molecule has 1 N–H and O–H groups in total. The van der Waals surface area contributed by atoms with Crippen molar-refractivity contribution < 1.29 is 4.74 Å². The number of unbranched alkanes of at least 4 members (excludes halogenated alkanes) is 2. The second-order valence-electron chi connectivity index (χ2n) is 7.01. The number of aliphatic imine (C=N–C) groups is 2. The van der Waals surface area contributed by atoms with Crippen molar-refractivity contribution in [3.05, 3.63) is 11.7 Å². The van der Waals surface area contributed by atoms with Gasteiger partial charge in [-0.3, -0.25) is 0 Å². The molecular formula is C20H37ClN4O. The Hall–Kier alpha value is -0.910. The number of hydrogen-bond acceptors (Lipinski definition) is 3. The molecule has 0 saturated carbocycles. The largest absolute Gasteiger partial charge is 0.378 e. The first kappa shape index (κ1) is 23.1. The van der Waals surface area contributed by atoms with Crippen molar-refractivity contribution in [3.8, 4) is 0 Å². The molecule has 1 unspecified atom stereocenters. The van der Waals surface area contributed by atoms with E-state index in [2.05, 4.69) is 40.8 Å². The fourth-order valence-corrected chi connectivity index (χ4v) is 3.28. The van der Waals surface area contributed by atoms with E-state index in [0.29, 0.717) is 18.0 Å². The summed E-state index contributed by atoms with van der Waals surface area (Å²) in [6, 6.07) is 0. The molecule has 0 aromatic carbocycles. The molecule has 0 bridgehead atoms. The van der Waals surface area contributed by atoms with Gasteiger partial charge in [-0.1, -0.05) is 37.8 Å². The van der Waals surface area contributed by atoms with Crippen molar-refractivity contribution in [2.45, 2.75) is 64.9 Å². The van der Waals surface area contributed by atoms with E-state index >= 15 is 0 Å². The minimum atomic E-state index is 0.484. The van der Waals surface area contributed by atoms with Gasteiger partial charge in [-0.2, -0.15) is 0 Å². The van der Waals surface area contributed by atoms with E-state index in [1.165, 1.54) is 31.2 Å². The van der Waals surface area contributed by atoms with Crippen LogP contribution in [-0.2, 0) is 4.74 Å². The number of piperidine rings is 1. The summed E-state index contributed by atoms with van der Waals surface area (Å²) in [6.45, 7) is 13.0. The predicted molar refractivity (Wildman–Crippen MR) is 113 cm³/mol.